The van der Waals surface area contributed by atoms with Crippen molar-refractivity contribution in [2.75, 3.05) is 41.0 Å². The molecule has 53 heavy (non-hydrogen) atoms. The topological polar surface area (TPSA) is 170 Å². The molecule has 0 radical (unpaired) electrons. The number of carbonyl (C=O) groups is 5. The van der Waals surface area contributed by atoms with Crippen LogP contribution in [0.2, 0.25) is 0 Å². The summed E-state index contributed by atoms with van der Waals surface area (Å²) in [5, 5.41) is 5.61. The van der Waals surface area contributed by atoms with E-state index in [2.05, 4.69) is 10.6 Å². The van der Waals surface area contributed by atoms with E-state index in [4.69, 9.17) is 19.9 Å². The minimum atomic E-state index is -1.14. The van der Waals surface area contributed by atoms with Gasteiger partial charge >= 0.3 is 5.97 Å². The van der Waals surface area contributed by atoms with Gasteiger partial charge < -0.3 is 40.4 Å². The van der Waals surface area contributed by atoms with E-state index in [1.54, 1.807) is 30.8 Å². The maximum Gasteiger partial charge on any atom is 0.328 e. The van der Waals surface area contributed by atoms with Crippen molar-refractivity contribution in [2.24, 2.45) is 23.5 Å². The Morgan fingerprint density at radius 3 is 2.23 bits per heavy atom. The lowest BCUT2D eigenvalue weighted by atomic mass is 9.88. The Bertz CT molecular complexity index is 1330. The lowest BCUT2D eigenvalue weighted by Gasteiger charge is -2.41. The van der Waals surface area contributed by atoms with Crippen LogP contribution in [0.25, 0.3) is 0 Å². The summed E-state index contributed by atoms with van der Waals surface area (Å²) in [7, 11) is 4.37. The third kappa shape index (κ3) is 12.5. The van der Waals surface area contributed by atoms with Gasteiger partial charge in [-0.3, -0.25) is 19.2 Å². The van der Waals surface area contributed by atoms with Crippen LogP contribution in [0.4, 0.5) is 0 Å². The van der Waals surface area contributed by atoms with Crippen molar-refractivity contribution in [3.05, 3.63) is 35.9 Å². The van der Waals surface area contributed by atoms with E-state index < -0.39 is 53.7 Å². The zero-order valence-electron chi connectivity index (χ0n) is 33.8. The number of ether oxygens (including phenoxy) is 3. The summed E-state index contributed by atoms with van der Waals surface area (Å²) in [6, 6.07) is 7.65. The smallest absolute Gasteiger partial charge is 0.328 e. The molecule has 1 saturated heterocycles. The Balaban J connectivity index is 2.28. The van der Waals surface area contributed by atoms with Gasteiger partial charge in [-0.25, -0.2) is 4.79 Å². The van der Waals surface area contributed by atoms with Gasteiger partial charge in [0, 0.05) is 33.7 Å². The molecule has 0 saturated carbocycles. The van der Waals surface area contributed by atoms with Crippen molar-refractivity contribution in [3.8, 4) is 0 Å². The summed E-state index contributed by atoms with van der Waals surface area (Å²) >= 11 is 0. The first kappa shape index (κ1) is 45.6. The van der Waals surface area contributed by atoms with Crippen molar-refractivity contribution in [1.82, 2.24) is 20.4 Å². The molecular weight excluding hydrogens is 678 g/mol. The third-order valence-electron chi connectivity index (χ3n) is 11.1. The number of amides is 4. The first-order valence-corrected chi connectivity index (χ1v) is 19.2. The minimum absolute atomic E-state index is 0.0109. The molecule has 0 spiro atoms. The Morgan fingerprint density at radius 2 is 1.68 bits per heavy atom. The van der Waals surface area contributed by atoms with E-state index in [-0.39, 0.29) is 48.9 Å². The van der Waals surface area contributed by atoms with Gasteiger partial charge in [-0.15, -0.1) is 0 Å². The Kier molecular flexibility index (Phi) is 18.9. The van der Waals surface area contributed by atoms with E-state index in [1.165, 1.54) is 14.2 Å². The van der Waals surface area contributed by atoms with Gasteiger partial charge in [-0.1, -0.05) is 84.7 Å². The average Bonchev–Trinajstić information content (AvgIpc) is 3.63. The van der Waals surface area contributed by atoms with Gasteiger partial charge in [0.2, 0.25) is 23.6 Å². The number of nitrogens with two attached hydrogens (primary N) is 1. The molecule has 0 aromatic heterocycles. The van der Waals surface area contributed by atoms with Crippen LogP contribution in [0.15, 0.2) is 30.3 Å². The zero-order valence-corrected chi connectivity index (χ0v) is 33.8. The SMILES string of the molecule is CCCCN(C(=O)CNC(=O)C(C)(N)C(C)C)[C@@H]([C@@H](C)CC)[C@@H](CC(=O)N1CCC[C@H]1[C@H](OC)[C@@H](C)C(=O)N[C@@H](Cc1ccccc1)C(=O)OC)OC. The van der Waals surface area contributed by atoms with Crippen LogP contribution in [-0.4, -0.2) is 116 Å². The molecular formula is C40H67N5O8. The van der Waals surface area contributed by atoms with Crippen molar-refractivity contribution in [1.29, 1.82) is 0 Å². The Morgan fingerprint density at radius 1 is 1.02 bits per heavy atom. The molecule has 1 aliphatic heterocycles. The number of likely N-dealkylation sites (tertiary alicyclic amines) is 1. The average molecular weight is 746 g/mol. The largest absolute Gasteiger partial charge is 0.467 e. The van der Waals surface area contributed by atoms with Crippen LogP contribution >= 0.6 is 0 Å². The number of methoxy groups -OCH3 is 3. The summed E-state index contributed by atoms with van der Waals surface area (Å²) in [5.41, 5.74) is 5.99. The van der Waals surface area contributed by atoms with Gasteiger partial charge in [0.15, 0.2) is 0 Å². The molecule has 0 bridgehead atoms. The first-order chi connectivity index (χ1) is 25.1. The highest BCUT2D eigenvalue weighted by Crippen LogP contribution is 2.30. The molecule has 300 valence electrons. The van der Waals surface area contributed by atoms with Gasteiger partial charge in [-0.2, -0.15) is 0 Å². The van der Waals surface area contributed by atoms with Gasteiger partial charge in [0.25, 0.3) is 0 Å². The molecule has 1 aromatic carbocycles. The molecule has 0 aliphatic carbocycles. The number of rotatable bonds is 22. The van der Waals surface area contributed by atoms with Crippen molar-refractivity contribution in [3.63, 3.8) is 0 Å². The number of carbonyl (C=O) groups excluding carboxylic acids is 5. The van der Waals surface area contributed by atoms with Crippen LogP contribution in [0, 0.1) is 17.8 Å². The highest BCUT2D eigenvalue weighted by Gasteiger charge is 2.43. The Labute approximate surface area is 317 Å². The number of esters is 1. The normalized spacial score (nSPS) is 18.9. The summed E-state index contributed by atoms with van der Waals surface area (Å²) in [6.07, 6.45) is 2.68. The second kappa shape index (κ2) is 22.0. The zero-order chi connectivity index (χ0) is 39.9. The first-order valence-electron chi connectivity index (χ1n) is 19.2. The lowest BCUT2D eigenvalue weighted by molar-refractivity contribution is -0.148. The molecule has 1 aliphatic rings. The van der Waals surface area contributed by atoms with Crippen LogP contribution in [0.5, 0.6) is 0 Å². The van der Waals surface area contributed by atoms with Gasteiger partial charge in [0.05, 0.1) is 55.8 Å². The number of benzene rings is 1. The highest BCUT2D eigenvalue weighted by atomic mass is 16.5. The quantitative estimate of drug-likeness (QED) is 0.151. The monoisotopic (exact) mass is 745 g/mol. The van der Waals surface area contributed by atoms with Crippen LogP contribution < -0.4 is 16.4 Å². The number of hydrogen-bond acceptors (Lipinski definition) is 9. The van der Waals surface area contributed by atoms with Gasteiger partial charge in [0.1, 0.15) is 6.04 Å². The van der Waals surface area contributed by atoms with E-state index in [9.17, 15) is 24.0 Å². The fraction of sp³-hybridized carbons (Fsp3) is 0.725. The molecule has 1 unspecified atom stereocenters. The summed E-state index contributed by atoms with van der Waals surface area (Å²) in [4.78, 5) is 70.8. The van der Waals surface area contributed by atoms with Crippen LogP contribution in [0.1, 0.15) is 92.6 Å². The lowest BCUT2D eigenvalue weighted by Crippen LogP contribution is -2.59. The van der Waals surface area contributed by atoms with Crippen molar-refractivity contribution >= 4 is 29.6 Å². The fourth-order valence-electron chi connectivity index (χ4n) is 7.00. The maximum atomic E-state index is 14.2. The molecule has 13 nitrogen and oxygen atoms in total. The van der Waals surface area contributed by atoms with Crippen LogP contribution in [0.3, 0.4) is 0 Å². The molecule has 2 rings (SSSR count). The molecule has 1 fully saturated rings. The molecule has 4 amide bonds. The van der Waals surface area contributed by atoms with Crippen molar-refractivity contribution in [2.45, 2.75) is 129 Å². The van der Waals surface area contributed by atoms with Gasteiger partial charge in [-0.05, 0) is 43.6 Å². The molecule has 4 N–H and O–H groups in total. The summed E-state index contributed by atoms with van der Waals surface area (Å²) in [6.45, 7) is 13.9. The van der Waals surface area contributed by atoms with E-state index in [0.717, 1.165) is 31.2 Å². The van der Waals surface area contributed by atoms with Crippen LogP contribution in [-0.2, 0) is 44.6 Å². The molecule has 1 aromatic rings. The van der Waals surface area contributed by atoms with Crippen molar-refractivity contribution < 1.29 is 38.2 Å². The predicted octanol–water partition coefficient (Wildman–Crippen LogP) is 3.47. The third-order valence-corrected chi connectivity index (χ3v) is 11.1. The minimum Gasteiger partial charge on any atom is -0.467 e. The van der Waals surface area contributed by atoms with E-state index in [1.807, 2.05) is 65.0 Å². The Hall–Kier alpha value is -3.55. The number of nitrogens with one attached hydrogen (secondary N) is 2. The fourth-order valence-corrected chi connectivity index (χ4v) is 7.00. The molecule has 13 heteroatoms. The number of hydrogen-bond donors (Lipinski definition) is 3. The summed E-state index contributed by atoms with van der Waals surface area (Å²) < 4.78 is 16.9. The standard InChI is InChI=1S/C40H67N5O8/c1-11-13-21-45(34(47)25-42-39(50)40(7,41)26(3)4)35(27(5)12-2)32(51-8)24-33(46)44-22-17-20-31(44)36(52-9)28(6)37(48)43-30(38(49)53-10)23-29-18-15-14-16-19-29/h14-16,18-19,26-28,30-32,35-36H,11-13,17,20-25,41H2,1-10H3,(H,42,50)(H,43,48)/t27-,28+,30-,31-,32+,35-,36+,40?/m0/s1. The molecule has 8 atom stereocenters. The molecule has 1 heterocycles. The second-order valence-electron chi connectivity index (χ2n) is 15.0. The predicted molar refractivity (Wildman–Crippen MR) is 205 cm³/mol. The maximum absolute atomic E-state index is 14.2. The number of nitrogens with zero attached hydrogens (tertiary/aromatic N) is 2. The highest BCUT2D eigenvalue weighted by molar-refractivity contribution is 5.90. The second-order valence-corrected chi connectivity index (χ2v) is 15.0. The van der Waals surface area contributed by atoms with E-state index in [0.29, 0.717) is 19.5 Å². The van der Waals surface area contributed by atoms with E-state index >= 15 is 0 Å². The summed E-state index contributed by atoms with van der Waals surface area (Å²) in [5.74, 6) is -2.61. The number of unbranched alkanes of at least 4 members (excludes halogenated alkanes) is 1.